The first-order valence-corrected chi connectivity index (χ1v) is 6.49. The van der Waals surface area contributed by atoms with Gasteiger partial charge in [0, 0.05) is 18.6 Å². The number of ether oxygens (including phenoxy) is 1. The molecule has 0 aromatic rings. The molecule has 0 radical (unpaired) electrons. The fourth-order valence-electron chi connectivity index (χ4n) is 2.31. The van der Waals surface area contributed by atoms with Crippen LogP contribution in [-0.4, -0.2) is 36.7 Å². The normalized spacial score (nSPS) is 19.4. The molecule has 0 amide bonds. The van der Waals surface area contributed by atoms with Crippen LogP contribution in [0.25, 0.3) is 0 Å². The molecule has 0 unspecified atom stereocenters. The molecule has 0 N–H and O–H groups in total. The molecule has 0 atom stereocenters. The summed E-state index contributed by atoms with van der Waals surface area (Å²) in [7, 11) is 0. The molecule has 1 fully saturated rings. The van der Waals surface area contributed by atoms with Crippen molar-refractivity contribution >= 4 is 0 Å². The maximum absolute atomic E-state index is 5.40. The monoisotopic (exact) mass is 213 g/mol. The molecule has 0 bridgehead atoms. The van der Waals surface area contributed by atoms with E-state index in [1.165, 1.54) is 32.1 Å². The molecule has 0 saturated carbocycles. The number of hydrogen-bond donors (Lipinski definition) is 0. The number of hydrogen-bond acceptors (Lipinski definition) is 2. The molecular formula is C13H27NO. The Balaban J connectivity index is 2.23. The van der Waals surface area contributed by atoms with Gasteiger partial charge >= 0.3 is 0 Å². The quantitative estimate of drug-likeness (QED) is 0.629. The van der Waals surface area contributed by atoms with E-state index in [-0.39, 0.29) is 0 Å². The van der Waals surface area contributed by atoms with Gasteiger partial charge in [0.2, 0.25) is 0 Å². The molecule has 0 aromatic heterocycles. The minimum absolute atomic E-state index is 0.373. The Labute approximate surface area is 95.0 Å². The van der Waals surface area contributed by atoms with Gasteiger partial charge in [0.15, 0.2) is 0 Å². The van der Waals surface area contributed by atoms with E-state index in [4.69, 9.17) is 4.74 Å². The van der Waals surface area contributed by atoms with E-state index in [9.17, 15) is 0 Å². The lowest BCUT2D eigenvalue weighted by Gasteiger charge is -2.41. The minimum atomic E-state index is 0.373. The molecule has 1 saturated heterocycles. The number of nitrogens with zero attached hydrogens (tertiary/aromatic N) is 1. The van der Waals surface area contributed by atoms with Crippen molar-refractivity contribution in [1.29, 1.82) is 0 Å². The van der Waals surface area contributed by atoms with E-state index in [2.05, 4.69) is 25.7 Å². The highest BCUT2D eigenvalue weighted by Gasteiger charge is 2.27. The second-order valence-corrected chi connectivity index (χ2v) is 5.22. The third-order valence-corrected chi connectivity index (χ3v) is 3.51. The van der Waals surface area contributed by atoms with Crippen LogP contribution in [0, 0.1) is 0 Å². The standard InChI is InChI=1S/C13H27NO/c1-4-5-6-7-8-13(2,3)14-9-11-15-12-10-14/h4-12H2,1-3H3. The van der Waals surface area contributed by atoms with Crippen molar-refractivity contribution in [3.63, 3.8) is 0 Å². The summed E-state index contributed by atoms with van der Waals surface area (Å²) in [4.78, 5) is 2.59. The Bertz CT molecular complexity index is 162. The first-order chi connectivity index (χ1) is 7.17. The smallest absolute Gasteiger partial charge is 0.0594 e. The number of unbranched alkanes of at least 4 members (excludes halogenated alkanes) is 3. The van der Waals surface area contributed by atoms with Gasteiger partial charge in [-0.2, -0.15) is 0 Å². The Morgan fingerprint density at radius 2 is 1.73 bits per heavy atom. The Morgan fingerprint density at radius 1 is 1.07 bits per heavy atom. The zero-order chi connectivity index (χ0) is 11.1. The van der Waals surface area contributed by atoms with E-state index in [1.807, 2.05) is 0 Å². The van der Waals surface area contributed by atoms with Crippen LogP contribution >= 0.6 is 0 Å². The SMILES string of the molecule is CCCCCCC(C)(C)N1CCOCC1. The largest absolute Gasteiger partial charge is 0.379 e. The van der Waals surface area contributed by atoms with E-state index in [0.717, 1.165) is 26.3 Å². The van der Waals surface area contributed by atoms with Gasteiger partial charge in [-0.1, -0.05) is 32.6 Å². The Morgan fingerprint density at radius 3 is 2.33 bits per heavy atom. The van der Waals surface area contributed by atoms with Gasteiger partial charge in [0.25, 0.3) is 0 Å². The maximum atomic E-state index is 5.40. The maximum Gasteiger partial charge on any atom is 0.0594 e. The van der Waals surface area contributed by atoms with Crippen LogP contribution in [0.3, 0.4) is 0 Å². The van der Waals surface area contributed by atoms with Crippen molar-refractivity contribution in [2.24, 2.45) is 0 Å². The summed E-state index contributed by atoms with van der Waals surface area (Å²) < 4.78 is 5.40. The summed E-state index contributed by atoms with van der Waals surface area (Å²) in [5, 5.41) is 0. The summed E-state index contributed by atoms with van der Waals surface area (Å²) in [6.07, 6.45) is 6.81. The average Bonchev–Trinajstić information content (AvgIpc) is 2.26. The lowest BCUT2D eigenvalue weighted by atomic mass is 9.94. The molecule has 2 heteroatoms. The van der Waals surface area contributed by atoms with Crippen LogP contribution in [0.4, 0.5) is 0 Å². The van der Waals surface area contributed by atoms with Crippen LogP contribution in [0.5, 0.6) is 0 Å². The first-order valence-electron chi connectivity index (χ1n) is 6.49. The topological polar surface area (TPSA) is 12.5 Å². The van der Waals surface area contributed by atoms with Crippen LogP contribution in [0.2, 0.25) is 0 Å². The van der Waals surface area contributed by atoms with Crippen LogP contribution in [-0.2, 0) is 4.74 Å². The molecule has 1 aliphatic heterocycles. The lowest BCUT2D eigenvalue weighted by Crippen LogP contribution is -2.49. The van der Waals surface area contributed by atoms with Gasteiger partial charge in [0.1, 0.15) is 0 Å². The fraction of sp³-hybridized carbons (Fsp3) is 1.00. The molecule has 0 aliphatic carbocycles. The molecule has 0 aromatic carbocycles. The third-order valence-electron chi connectivity index (χ3n) is 3.51. The highest BCUT2D eigenvalue weighted by Crippen LogP contribution is 2.23. The van der Waals surface area contributed by atoms with Gasteiger partial charge in [0.05, 0.1) is 13.2 Å². The van der Waals surface area contributed by atoms with Crippen molar-refractivity contribution in [2.45, 2.75) is 58.4 Å². The molecule has 1 rings (SSSR count). The number of morpholine rings is 1. The second kappa shape index (κ2) is 6.49. The van der Waals surface area contributed by atoms with Crippen molar-refractivity contribution in [1.82, 2.24) is 4.90 Å². The third kappa shape index (κ3) is 4.52. The predicted molar refractivity (Wildman–Crippen MR) is 65.2 cm³/mol. The highest BCUT2D eigenvalue weighted by molar-refractivity contribution is 4.82. The van der Waals surface area contributed by atoms with Crippen molar-refractivity contribution < 1.29 is 4.74 Å². The van der Waals surface area contributed by atoms with E-state index >= 15 is 0 Å². The van der Waals surface area contributed by atoms with Crippen molar-refractivity contribution in [3.05, 3.63) is 0 Å². The molecule has 1 aliphatic rings. The molecule has 90 valence electrons. The zero-order valence-corrected chi connectivity index (χ0v) is 10.7. The Hall–Kier alpha value is -0.0800. The average molecular weight is 213 g/mol. The van der Waals surface area contributed by atoms with Crippen LogP contribution in [0.15, 0.2) is 0 Å². The van der Waals surface area contributed by atoms with Gasteiger partial charge in [-0.3, -0.25) is 4.90 Å². The van der Waals surface area contributed by atoms with Gasteiger partial charge in [-0.25, -0.2) is 0 Å². The van der Waals surface area contributed by atoms with Gasteiger partial charge in [-0.15, -0.1) is 0 Å². The van der Waals surface area contributed by atoms with Crippen LogP contribution < -0.4 is 0 Å². The molecule has 2 nitrogen and oxygen atoms in total. The molecule has 15 heavy (non-hydrogen) atoms. The summed E-state index contributed by atoms with van der Waals surface area (Å²) in [5.74, 6) is 0. The minimum Gasteiger partial charge on any atom is -0.379 e. The highest BCUT2D eigenvalue weighted by atomic mass is 16.5. The number of rotatable bonds is 6. The summed E-state index contributed by atoms with van der Waals surface area (Å²) in [5.41, 5.74) is 0.373. The van der Waals surface area contributed by atoms with E-state index < -0.39 is 0 Å². The molecule has 0 spiro atoms. The zero-order valence-electron chi connectivity index (χ0n) is 10.7. The fourth-order valence-corrected chi connectivity index (χ4v) is 2.31. The summed E-state index contributed by atoms with van der Waals surface area (Å²) >= 11 is 0. The van der Waals surface area contributed by atoms with Gasteiger partial charge < -0.3 is 4.74 Å². The van der Waals surface area contributed by atoms with Crippen molar-refractivity contribution in [3.8, 4) is 0 Å². The van der Waals surface area contributed by atoms with Crippen LogP contribution in [0.1, 0.15) is 52.9 Å². The summed E-state index contributed by atoms with van der Waals surface area (Å²) in [6.45, 7) is 11.1. The first kappa shape index (κ1) is 13.0. The predicted octanol–water partition coefficient (Wildman–Crippen LogP) is 3.07. The molecular weight excluding hydrogens is 186 g/mol. The van der Waals surface area contributed by atoms with Crippen molar-refractivity contribution in [2.75, 3.05) is 26.3 Å². The Kier molecular flexibility index (Phi) is 5.62. The van der Waals surface area contributed by atoms with Gasteiger partial charge in [-0.05, 0) is 20.3 Å². The van der Waals surface area contributed by atoms with E-state index in [1.54, 1.807) is 0 Å². The lowest BCUT2D eigenvalue weighted by molar-refractivity contribution is -0.0135. The molecule has 1 heterocycles. The summed E-state index contributed by atoms with van der Waals surface area (Å²) in [6, 6.07) is 0. The second-order valence-electron chi connectivity index (χ2n) is 5.22. The van der Waals surface area contributed by atoms with E-state index in [0.29, 0.717) is 5.54 Å².